The van der Waals surface area contributed by atoms with Crippen LogP contribution in [-0.4, -0.2) is 32.6 Å². The summed E-state index contributed by atoms with van der Waals surface area (Å²) in [6.07, 6.45) is 9.37. The number of rotatable bonds is 13. The molecule has 4 heteroatoms. The van der Waals surface area contributed by atoms with Gasteiger partial charge in [0, 0.05) is 0 Å². The van der Waals surface area contributed by atoms with Crippen molar-refractivity contribution in [3.05, 3.63) is 18.1 Å². The normalized spacial score (nSPS) is 12.3. The molecule has 1 heterocycles. The Kier molecular flexibility index (Phi) is 10.6. The van der Waals surface area contributed by atoms with Crippen LogP contribution in [0.2, 0.25) is 13.3 Å². The van der Waals surface area contributed by atoms with Gasteiger partial charge in [-0.25, -0.2) is 0 Å². The van der Waals surface area contributed by atoms with Crippen LogP contribution in [0.15, 0.2) is 16.7 Å². The van der Waals surface area contributed by atoms with Gasteiger partial charge in [0.1, 0.15) is 0 Å². The third-order valence-electron chi connectivity index (χ3n) is 4.94. The summed E-state index contributed by atoms with van der Waals surface area (Å²) < 4.78 is 22.7. The third-order valence-corrected chi connectivity index (χ3v) is 20.6. The van der Waals surface area contributed by atoms with E-state index >= 15 is 0 Å². The fourth-order valence-corrected chi connectivity index (χ4v) is 20.0. The molecular formula is C19H36O3Sn. The Morgan fingerprint density at radius 1 is 0.913 bits per heavy atom. The molecule has 0 N–H and O–H groups in total. The molecule has 1 aromatic rings. The summed E-state index contributed by atoms with van der Waals surface area (Å²) in [6, 6.07) is 2.25. The van der Waals surface area contributed by atoms with Crippen LogP contribution in [0.1, 0.15) is 71.3 Å². The molecule has 0 aliphatic carbocycles. The van der Waals surface area contributed by atoms with Crippen molar-refractivity contribution >= 4 is 22.0 Å². The van der Waals surface area contributed by atoms with E-state index in [-0.39, 0.29) is 6.29 Å². The average molecular weight is 431 g/mol. The number of unbranched alkanes of at least 4 members (excludes halogenated alkanes) is 3. The van der Waals surface area contributed by atoms with Gasteiger partial charge in [-0.3, -0.25) is 0 Å². The van der Waals surface area contributed by atoms with Gasteiger partial charge >= 0.3 is 147 Å². The summed E-state index contributed by atoms with van der Waals surface area (Å²) in [6.45, 7) is 6.92. The number of hydrogen-bond acceptors (Lipinski definition) is 3. The van der Waals surface area contributed by atoms with Crippen LogP contribution >= 0.6 is 0 Å². The molecule has 0 spiro atoms. The SMILES string of the molecule is CCC[CH2][Sn]([CH2]CCC)([CH2]CCC)[c]1ccoc1C(OC)OC. The summed E-state index contributed by atoms with van der Waals surface area (Å²) in [4.78, 5) is 0. The Balaban J connectivity index is 3.21. The zero-order chi connectivity index (χ0) is 17.1. The quantitative estimate of drug-likeness (QED) is 0.300. The number of hydrogen-bond donors (Lipinski definition) is 0. The first-order chi connectivity index (χ1) is 11.2. The molecule has 0 aromatic carbocycles. The van der Waals surface area contributed by atoms with E-state index in [1.165, 1.54) is 55.4 Å². The van der Waals surface area contributed by atoms with E-state index in [0.717, 1.165) is 5.76 Å². The molecule has 0 atom stereocenters. The molecule has 0 amide bonds. The second-order valence-corrected chi connectivity index (χ2v) is 19.7. The van der Waals surface area contributed by atoms with E-state index in [9.17, 15) is 0 Å². The van der Waals surface area contributed by atoms with Crippen molar-refractivity contribution in [3.8, 4) is 0 Å². The van der Waals surface area contributed by atoms with Crippen LogP contribution in [-0.2, 0) is 9.47 Å². The Morgan fingerprint density at radius 2 is 1.39 bits per heavy atom. The molecule has 0 fully saturated rings. The van der Waals surface area contributed by atoms with Crippen LogP contribution < -0.4 is 3.58 Å². The van der Waals surface area contributed by atoms with Gasteiger partial charge in [-0.05, 0) is 0 Å². The molecule has 0 aliphatic heterocycles. The molecule has 0 saturated heterocycles. The van der Waals surface area contributed by atoms with Crippen molar-refractivity contribution in [1.29, 1.82) is 0 Å². The molecule has 0 saturated carbocycles. The fourth-order valence-electron chi connectivity index (χ4n) is 3.58. The molecule has 3 nitrogen and oxygen atoms in total. The second kappa shape index (κ2) is 11.5. The molecule has 1 aromatic heterocycles. The molecule has 23 heavy (non-hydrogen) atoms. The number of furan rings is 1. The molecule has 0 bridgehead atoms. The van der Waals surface area contributed by atoms with Gasteiger partial charge in [0.05, 0.1) is 0 Å². The van der Waals surface area contributed by atoms with Gasteiger partial charge in [-0.1, -0.05) is 0 Å². The van der Waals surface area contributed by atoms with Crippen molar-refractivity contribution in [2.75, 3.05) is 14.2 Å². The number of ether oxygens (including phenoxy) is 2. The van der Waals surface area contributed by atoms with Crippen LogP contribution in [0.5, 0.6) is 0 Å². The maximum atomic E-state index is 5.86. The van der Waals surface area contributed by atoms with Crippen molar-refractivity contribution in [3.63, 3.8) is 0 Å². The molecule has 1 rings (SSSR count). The van der Waals surface area contributed by atoms with Crippen LogP contribution in [0.3, 0.4) is 0 Å². The molecule has 0 unspecified atom stereocenters. The van der Waals surface area contributed by atoms with Crippen molar-refractivity contribution < 1.29 is 13.9 Å². The minimum absolute atomic E-state index is 0.360. The average Bonchev–Trinajstić information content (AvgIpc) is 3.06. The first kappa shape index (κ1) is 21.0. The van der Waals surface area contributed by atoms with Crippen LogP contribution in [0.25, 0.3) is 0 Å². The predicted octanol–water partition coefficient (Wildman–Crippen LogP) is 5.63. The predicted molar refractivity (Wildman–Crippen MR) is 100 cm³/mol. The van der Waals surface area contributed by atoms with E-state index in [1.54, 1.807) is 14.2 Å². The molecule has 134 valence electrons. The zero-order valence-corrected chi connectivity index (χ0v) is 18.7. The van der Waals surface area contributed by atoms with E-state index in [2.05, 4.69) is 26.8 Å². The summed E-state index contributed by atoms with van der Waals surface area (Å²) >= 11 is -2.48. The summed E-state index contributed by atoms with van der Waals surface area (Å²) in [5.41, 5.74) is 0. The van der Waals surface area contributed by atoms with E-state index in [1.807, 2.05) is 6.26 Å². The van der Waals surface area contributed by atoms with Gasteiger partial charge in [0.25, 0.3) is 0 Å². The first-order valence-electron chi connectivity index (χ1n) is 9.32. The monoisotopic (exact) mass is 432 g/mol. The summed E-state index contributed by atoms with van der Waals surface area (Å²) in [5, 5.41) is 0. The van der Waals surface area contributed by atoms with E-state index in [4.69, 9.17) is 13.9 Å². The standard InChI is InChI=1S/C7H9O3.3C4H9.Sn/c1-8-7(9-2)6-4-3-5-10-6;3*1-3-4-2;/h3,5,7H,1-2H3;3*1,3-4H2,2H3;. The zero-order valence-electron chi connectivity index (χ0n) is 15.8. The van der Waals surface area contributed by atoms with Crippen molar-refractivity contribution in [1.82, 2.24) is 0 Å². The third kappa shape index (κ3) is 5.78. The second-order valence-electron chi connectivity index (χ2n) is 6.59. The Hall–Kier alpha value is -0.00130. The van der Waals surface area contributed by atoms with Crippen molar-refractivity contribution in [2.45, 2.75) is 78.9 Å². The molecule has 0 aliphatic rings. The first-order valence-corrected chi connectivity index (χ1v) is 16.8. The molecule has 0 radical (unpaired) electrons. The van der Waals surface area contributed by atoms with E-state index < -0.39 is 18.4 Å². The Labute approximate surface area is 147 Å². The molecular weight excluding hydrogens is 395 g/mol. The van der Waals surface area contributed by atoms with Crippen LogP contribution in [0, 0.1) is 0 Å². The van der Waals surface area contributed by atoms with Gasteiger partial charge in [-0.15, -0.1) is 0 Å². The Bertz CT molecular complexity index is 391. The van der Waals surface area contributed by atoms with Crippen LogP contribution in [0.4, 0.5) is 0 Å². The Morgan fingerprint density at radius 3 is 1.78 bits per heavy atom. The van der Waals surface area contributed by atoms with Gasteiger partial charge in [0.2, 0.25) is 0 Å². The van der Waals surface area contributed by atoms with Gasteiger partial charge in [-0.2, -0.15) is 0 Å². The van der Waals surface area contributed by atoms with E-state index in [0.29, 0.717) is 0 Å². The van der Waals surface area contributed by atoms with Gasteiger partial charge in [0.15, 0.2) is 0 Å². The summed E-state index contributed by atoms with van der Waals surface area (Å²) in [5.74, 6) is 0.953. The van der Waals surface area contributed by atoms with Crippen molar-refractivity contribution in [2.24, 2.45) is 0 Å². The summed E-state index contributed by atoms with van der Waals surface area (Å²) in [7, 11) is 3.39. The maximum absolute atomic E-state index is 5.86. The minimum atomic E-state index is -2.48. The fraction of sp³-hybridized carbons (Fsp3) is 0.789. The number of methoxy groups -OCH3 is 2. The van der Waals surface area contributed by atoms with Gasteiger partial charge < -0.3 is 0 Å². The topological polar surface area (TPSA) is 31.6 Å².